The molecule has 10 heteroatoms. The lowest BCUT2D eigenvalue weighted by molar-refractivity contribution is -0.137. The van der Waals surface area contributed by atoms with Crippen LogP contribution in [0.4, 0.5) is 0 Å². The summed E-state index contributed by atoms with van der Waals surface area (Å²) in [6, 6.07) is 0. The molecule has 0 aliphatic carbocycles. The van der Waals surface area contributed by atoms with E-state index >= 15 is 0 Å². The molecular formula is C10H18N4O6. The van der Waals surface area contributed by atoms with Crippen LogP contribution in [0.5, 0.6) is 0 Å². The first kappa shape index (κ1) is 19.7. The molecule has 2 amide bonds. The first-order valence-corrected chi connectivity index (χ1v) is 5.34. The second-order valence-corrected chi connectivity index (χ2v) is 3.55. The fourth-order valence-electron chi connectivity index (χ4n) is 1.00. The molecule has 0 bridgehead atoms. The molecule has 0 spiro atoms. The number of amides is 2. The molecule has 0 aromatic rings. The fraction of sp³-hybridized carbons (Fsp3) is 0.500. The molecule has 114 valence electrons. The van der Waals surface area contributed by atoms with Crippen molar-refractivity contribution in [3.8, 4) is 0 Å². The average Bonchev–Trinajstić information content (AvgIpc) is 2.62. The maximum Gasteiger partial charge on any atom is 0.371 e. The van der Waals surface area contributed by atoms with Crippen molar-refractivity contribution >= 4 is 29.6 Å². The minimum Gasteiger partial charge on any atom is -0.480 e. The van der Waals surface area contributed by atoms with Crippen LogP contribution in [-0.4, -0.2) is 64.3 Å². The number of amidine groups is 1. The Morgan fingerprint density at radius 1 is 1.15 bits per heavy atom. The summed E-state index contributed by atoms with van der Waals surface area (Å²) < 4.78 is 0. The number of carbonyl (C=O) groups is 4. The second-order valence-electron chi connectivity index (χ2n) is 3.55. The number of nitrogens with two attached hydrogens (primary N) is 2. The molecule has 0 atom stereocenters. The Labute approximate surface area is 115 Å². The monoisotopic (exact) mass is 290 g/mol. The second kappa shape index (κ2) is 10.3. The van der Waals surface area contributed by atoms with Crippen LogP contribution >= 0.6 is 0 Å². The maximum atomic E-state index is 10.4. The molecule has 0 aromatic heterocycles. The molecule has 1 heterocycles. The van der Waals surface area contributed by atoms with Crippen molar-refractivity contribution in [2.75, 3.05) is 19.6 Å². The molecule has 0 unspecified atom stereocenters. The summed E-state index contributed by atoms with van der Waals surface area (Å²) >= 11 is 0. The lowest BCUT2D eigenvalue weighted by Gasteiger charge is -2.13. The largest absolute Gasteiger partial charge is 0.480 e. The Bertz CT molecular complexity index is 387. The number of nitrogens with zero attached hydrogens (tertiary/aromatic N) is 2. The number of rotatable bonds is 3. The maximum absolute atomic E-state index is 10.4. The van der Waals surface area contributed by atoms with Crippen LogP contribution < -0.4 is 11.5 Å². The van der Waals surface area contributed by atoms with Gasteiger partial charge in [0.2, 0.25) is 17.6 Å². The van der Waals surface area contributed by atoms with Crippen molar-refractivity contribution in [1.82, 2.24) is 4.90 Å². The summed E-state index contributed by atoms with van der Waals surface area (Å²) in [6.45, 7) is 3.04. The van der Waals surface area contributed by atoms with Crippen LogP contribution in [0, 0.1) is 0 Å². The third kappa shape index (κ3) is 13.4. The third-order valence-corrected chi connectivity index (χ3v) is 1.45. The van der Waals surface area contributed by atoms with E-state index in [4.69, 9.17) is 10.2 Å². The summed E-state index contributed by atoms with van der Waals surface area (Å²) in [4.78, 5) is 44.0. The van der Waals surface area contributed by atoms with Gasteiger partial charge in [-0.1, -0.05) is 0 Å². The molecular weight excluding hydrogens is 272 g/mol. The number of primary amides is 2. The Morgan fingerprint density at radius 3 is 1.85 bits per heavy atom. The van der Waals surface area contributed by atoms with Gasteiger partial charge in [0.15, 0.2) is 0 Å². The lowest BCUT2D eigenvalue weighted by atomic mass is 10.4. The lowest BCUT2D eigenvalue weighted by Crippen LogP contribution is -2.37. The topological polar surface area (TPSA) is 176 Å². The van der Waals surface area contributed by atoms with Crippen molar-refractivity contribution < 1.29 is 29.4 Å². The van der Waals surface area contributed by atoms with Gasteiger partial charge in [-0.2, -0.15) is 0 Å². The number of carboxylic acids is 2. The van der Waals surface area contributed by atoms with Crippen LogP contribution in [0.15, 0.2) is 4.99 Å². The highest BCUT2D eigenvalue weighted by molar-refractivity contribution is 6.35. The molecule has 0 aromatic carbocycles. The minimum absolute atomic E-state index is 0.155. The molecule has 0 radical (unpaired) electrons. The Kier molecular flexibility index (Phi) is 10.1. The molecule has 1 aliphatic rings. The predicted molar refractivity (Wildman–Crippen MR) is 68.9 cm³/mol. The zero-order valence-corrected chi connectivity index (χ0v) is 11.2. The van der Waals surface area contributed by atoms with Gasteiger partial charge in [-0.15, -0.1) is 0 Å². The Morgan fingerprint density at radius 2 is 1.55 bits per heavy atom. The Hall–Kier alpha value is -2.65. The van der Waals surface area contributed by atoms with Gasteiger partial charge in [-0.25, -0.2) is 4.79 Å². The van der Waals surface area contributed by atoms with Gasteiger partial charge in [0.25, 0.3) is 0 Å². The van der Waals surface area contributed by atoms with Crippen LogP contribution in [0.3, 0.4) is 0 Å². The van der Waals surface area contributed by atoms with Crippen LogP contribution in [0.1, 0.15) is 13.8 Å². The number of hydrogen-bond acceptors (Lipinski definition) is 6. The number of carboxylic acid groups (broad SMARTS) is 2. The number of aliphatic imine (C=N–C) groups is 1. The van der Waals surface area contributed by atoms with Crippen molar-refractivity contribution in [3.63, 3.8) is 0 Å². The summed E-state index contributed by atoms with van der Waals surface area (Å²) in [5.41, 5.74) is 8.94. The smallest absolute Gasteiger partial charge is 0.371 e. The van der Waals surface area contributed by atoms with Gasteiger partial charge in [0.05, 0.1) is 6.54 Å². The normalized spacial score (nSPS) is 12.1. The van der Waals surface area contributed by atoms with E-state index in [0.717, 1.165) is 0 Å². The highest BCUT2D eigenvalue weighted by Gasteiger charge is 2.24. The van der Waals surface area contributed by atoms with E-state index in [-0.39, 0.29) is 24.2 Å². The van der Waals surface area contributed by atoms with E-state index in [0.29, 0.717) is 13.1 Å². The molecule has 6 N–H and O–H groups in total. The number of aliphatic carboxylic acids is 2. The van der Waals surface area contributed by atoms with E-state index in [1.807, 2.05) is 0 Å². The van der Waals surface area contributed by atoms with Crippen molar-refractivity contribution in [3.05, 3.63) is 0 Å². The summed E-state index contributed by atoms with van der Waals surface area (Å²) in [6.07, 6.45) is 0. The number of hydrogen-bond donors (Lipinski definition) is 4. The van der Waals surface area contributed by atoms with Crippen molar-refractivity contribution in [1.29, 1.82) is 0 Å². The van der Waals surface area contributed by atoms with E-state index in [2.05, 4.69) is 16.5 Å². The van der Waals surface area contributed by atoms with Crippen LogP contribution in [-0.2, 0) is 19.2 Å². The third-order valence-electron chi connectivity index (χ3n) is 1.45. The molecule has 20 heavy (non-hydrogen) atoms. The van der Waals surface area contributed by atoms with E-state index in [1.165, 1.54) is 18.7 Å². The summed E-state index contributed by atoms with van der Waals surface area (Å²) in [7, 11) is 0. The standard InChI is InChI=1S/C6H8N2O4.2C2H5NO/c9-4(10)3-8-2-1-7-5(8)6(11)12;2*1-2(3)4/h1-3H2,(H,9,10)(H,11,12);2*1H3,(H2,3,4). The van der Waals surface area contributed by atoms with Crippen molar-refractivity contribution in [2.45, 2.75) is 13.8 Å². The summed E-state index contributed by atoms with van der Waals surface area (Å²) in [5, 5.41) is 16.9. The fourth-order valence-corrected chi connectivity index (χ4v) is 1.00. The van der Waals surface area contributed by atoms with Gasteiger partial charge in [-0.05, 0) is 0 Å². The van der Waals surface area contributed by atoms with Crippen molar-refractivity contribution in [2.24, 2.45) is 16.5 Å². The number of carbonyl (C=O) groups excluding carboxylic acids is 2. The molecule has 1 aliphatic heterocycles. The highest BCUT2D eigenvalue weighted by atomic mass is 16.4. The first-order valence-electron chi connectivity index (χ1n) is 5.34. The van der Waals surface area contributed by atoms with Gasteiger partial charge in [0, 0.05) is 20.4 Å². The van der Waals surface area contributed by atoms with Gasteiger partial charge in [0.1, 0.15) is 6.54 Å². The molecule has 0 fully saturated rings. The predicted octanol–water partition coefficient (Wildman–Crippen LogP) is -2.15. The van der Waals surface area contributed by atoms with Gasteiger partial charge in [-0.3, -0.25) is 19.4 Å². The first-order chi connectivity index (χ1) is 9.07. The minimum atomic E-state index is -1.17. The van der Waals surface area contributed by atoms with Gasteiger partial charge < -0.3 is 26.6 Å². The highest BCUT2D eigenvalue weighted by Crippen LogP contribution is 2.00. The molecule has 0 saturated carbocycles. The SMILES string of the molecule is CC(N)=O.CC(N)=O.O=C(O)CN1CCN=C1C(=O)O. The van der Waals surface area contributed by atoms with Crippen LogP contribution in [0.25, 0.3) is 0 Å². The Balaban J connectivity index is 0. The quantitative estimate of drug-likeness (QED) is 0.457. The zero-order valence-electron chi connectivity index (χ0n) is 11.2. The zero-order chi connectivity index (χ0) is 16.3. The molecule has 0 saturated heterocycles. The summed E-state index contributed by atoms with van der Waals surface area (Å²) in [5.74, 6) is -3.04. The molecule has 1 rings (SSSR count). The van der Waals surface area contributed by atoms with Gasteiger partial charge >= 0.3 is 11.9 Å². The van der Waals surface area contributed by atoms with E-state index in [1.54, 1.807) is 0 Å². The van der Waals surface area contributed by atoms with Crippen LogP contribution in [0.2, 0.25) is 0 Å². The van der Waals surface area contributed by atoms with E-state index < -0.39 is 11.9 Å². The average molecular weight is 290 g/mol. The van der Waals surface area contributed by atoms with E-state index in [9.17, 15) is 19.2 Å². The molecule has 10 nitrogen and oxygen atoms in total.